The summed E-state index contributed by atoms with van der Waals surface area (Å²) in [6.45, 7) is 23.6. The lowest BCUT2D eigenvalue weighted by atomic mass is 10.7. The molecule has 0 aromatic rings. The molecule has 0 rings (SSSR count). The van der Waals surface area contributed by atoms with Crippen LogP contribution in [0.2, 0.25) is 36.3 Å². The Morgan fingerprint density at radius 3 is 0.810 bits per heavy atom. The average molecular weight is 317 g/mol. The van der Waals surface area contributed by atoms with Gasteiger partial charge >= 0.3 is 0 Å². The second-order valence-electron chi connectivity index (χ2n) is 5.52. The SMILES string of the molecule is C=CC[Si](CC=C)(CC=C)[N][Si](CC=C)(CC=C)CC=C. The van der Waals surface area contributed by atoms with Crippen molar-refractivity contribution in [3.05, 3.63) is 75.9 Å². The number of allylic oxidation sites excluding steroid dienone is 6. The Morgan fingerprint density at radius 1 is 0.476 bits per heavy atom. The Bertz CT molecular complexity index is 296. The van der Waals surface area contributed by atoms with E-state index in [4.69, 9.17) is 4.65 Å². The zero-order chi connectivity index (χ0) is 16.2. The number of hydrogen-bond donors (Lipinski definition) is 0. The Morgan fingerprint density at radius 2 is 0.667 bits per heavy atom. The van der Waals surface area contributed by atoms with Crippen LogP contribution in [0, 0.1) is 0 Å². The first kappa shape index (κ1) is 19.8. The van der Waals surface area contributed by atoms with Crippen LogP contribution in [0.5, 0.6) is 0 Å². The highest BCUT2D eigenvalue weighted by Crippen LogP contribution is 2.30. The largest absolute Gasteiger partial charge is 0.292 e. The molecule has 0 fully saturated rings. The van der Waals surface area contributed by atoms with E-state index in [0.717, 1.165) is 36.3 Å². The average Bonchev–Trinajstić information content (AvgIpc) is 2.40. The quantitative estimate of drug-likeness (QED) is 0.293. The molecule has 0 aliphatic carbocycles. The summed E-state index contributed by atoms with van der Waals surface area (Å²) in [5.41, 5.74) is 0. The van der Waals surface area contributed by atoms with E-state index >= 15 is 0 Å². The van der Waals surface area contributed by atoms with Crippen molar-refractivity contribution < 1.29 is 0 Å². The molecule has 0 aromatic carbocycles. The lowest BCUT2D eigenvalue weighted by molar-refractivity contribution is 1.12. The Hall–Kier alpha value is -1.17. The van der Waals surface area contributed by atoms with E-state index < -0.39 is 16.5 Å². The van der Waals surface area contributed by atoms with Crippen molar-refractivity contribution in [2.45, 2.75) is 36.3 Å². The molecular formula is C18H30NSi2. The highest BCUT2D eigenvalue weighted by atomic mass is 28.4. The minimum atomic E-state index is -1.85. The van der Waals surface area contributed by atoms with E-state index in [0.29, 0.717) is 0 Å². The summed E-state index contributed by atoms with van der Waals surface area (Å²) >= 11 is 0. The van der Waals surface area contributed by atoms with Crippen LogP contribution in [0.25, 0.3) is 0 Å². The van der Waals surface area contributed by atoms with E-state index in [-0.39, 0.29) is 0 Å². The van der Waals surface area contributed by atoms with Gasteiger partial charge in [0.25, 0.3) is 0 Å². The predicted molar refractivity (Wildman–Crippen MR) is 104 cm³/mol. The topological polar surface area (TPSA) is 14.1 Å². The van der Waals surface area contributed by atoms with Gasteiger partial charge in [0.1, 0.15) is 16.5 Å². The van der Waals surface area contributed by atoms with Crippen molar-refractivity contribution in [3.8, 4) is 0 Å². The van der Waals surface area contributed by atoms with E-state index in [1.165, 1.54) is 0 Å². The third-order valence-corrected chi connectivity index (χ3v) is 13.7. The van der Waals surface area contributed by atoms with Crippen LogP contribution >= 0.6 is 0 Å². The minimum absolute atomic E-state index is 0.977. The Kier molecular flexibility index (Phi) is 9.96. The summed E-state index contributed by atoms with van der Waals surface area (Å²) in [4.78, 5) is 0. The molecule has 0 atom stereocenters. The molecule has 115 valence electrons. The van der Waals surface area contributed by atoms with Gasteiger partial charge in [-0.15, -0.1) is 39.5 Å². The third-order valence-electron chi connectivity index (χ3n) is 3.62. The first-order valence-corrected chi connectivity index (χ1v) is 12.6. The Balaban J connectivity index is 5.60. The van der Waals surface area contributed by atoms with Gasteiger partial charge in [-0.2, -0.15) is 0 Å². The maximum absolute atomic E-state index is 5.53. The highest BCUT2D eigenvalue weighted by molar-refractivity contribution is 6.94. The molecule has 1 radical (unpaired) electrons. The maximum atomic E-state index is 5.53. The van der Waals surface area contributed by atoms with Crippen molar-refractivity contribution in [2.75, 3.05) is 0 Å². The van der Waals surface area contributed by atoms with Gasteiger partial charge in [-0.25, -0.2) is 0 Å². The molecule has 0 unspecified atom stereocenters. The smallest absolute Gasteiger partial charge is 0.146 e. The van der Waals surface area contributed by atoms with Gasteiger partial charge in [0, 0.05) is 0 Å². The van der Waals surface area contributed by atoms with Crippen molar-refractivity contribution >= 4 is 16.5 Å². The number of nitrogens with zero attached hydrogens (tertiary/aromatic N) is 1. The first-order valence-electron chi connectivity index (χ1n) is 7.47. The Labute approximate surface area is 133 Å². The lowest BCUT2D eigenvalue weighted by Crippen LogP contribution is -2.58. The third kappa shape index (κ3) is 6.42. The van der Waals surface area contributed by atoms with E-state index in [1.807, 2.05) is 36.5 Å². The van der Waals surface area contributed by atoms with Crippen LogP contribution in [0.3, 0.4) is 0 Å². The van der Waals surface area contributed by atoms with E-state index in [9.17, 15) is 0 Å². The molecule has 0 saturated heterocycles. The molecule has 3 heteroatoms. The van der Waals surface area contributed by atoms with Crippen LogP contribution in [-0.4, -0.2) is 16.5 Å². The monoisotopic (exact) mass is 316 g/mol. The summed E-state index contributed by atoms with van der Waals surface area (Å²) in [6, 6.07) is 5.86. The van der Waals surface area contributed by atoms with Gasteiger partial charge < -0.3 is 0 Å². The molecule has 21 heavy (non-hydrogen) atoms. The summed E-state index contributed by atoms with van der Waals surface area (Å²) in [6.07, 6.45) is 12.1. The van der Waals surface area contributed by atoms with Gasteiger partial charge in [-0.05, 0) is 36.3 Å². The molecule has 0 N–H and O–H groups in total. The van der Waals surface area contributed by atoms with Gasteiger partial charge in [-0.1, -0.05) is 36.5 Å². The fourth-order valence-corrected chi connectivity index (χ4v) is 13.3. The lowest BCUT2D eigenvalue weighted by Gasteiger charge is -2.39. The zero-order valence-electron chi connectivity index (χ0n) is 13.4. The molecule has 0 spiro atoms. The number of rotatable bonds is 14. The minimum Gasteiger partial charge on any atom is -0.292 e. The normalized spacial score (nSPS) is 11.4. The molecule has 0 amide bonds. The summed E-state index contributed by atoms with van der Waals surface area (Å²) < 4.78 is 5.53. The van der Waals surface area contributed by atoms with Gasteiger partial charge in [0.05, 0.1) is 0 Å². The summed E-state index contributed by atoms with van der Waals surface area (Å²) in [5.74, 6) is 0. The molecule has 0 bridgehead atoms. The standard InChI is InChI=1S/C18H30NSi2/c1-7-13-20(14-8-2,15-9-3)19-21(16-10-4,17-11-5)18-12-6/h7-12H,1-6,13-18H2. The molecule has 1 nitrogen and oxygen atoms in total. The van der Waals surface area contributed by atoms with Crippen LogP contribution < -0.4 is 4.65 Å². The fraction of sp³-hybridized carbons (Fsp3) is 0.333. The van der Waals surface area contributed by atoms with Crippen LogP contribution in [0.15, 0.2) is 75.9 Å². The van der Waals surface area contributed by atoms with Crippen LogP contribution in [-0.2, 0) is 0 Å². The van der Waals surface area contributed by atoms with Crippen LogP contribution in [0.1, 0.15) is 0 Å². The molecule has 0 aromatic heterocycles. The fourth-order valence-electron chi connectivity index (χ4n) is 2.89. The second kappa shape index (κ2) is 10.5. The molecule has 0 aliphatic rings. The summed E-state index contributed by atoms with van der Waals surface area (Å²) in [5, 5.41) is 0. The molecule has 0 heterocycles. The number of hydrogen-bond acceptors (Lipinski definition) is 0. The zero-order valence-corrected chi connectivity index (χ0v) is 15.4. The van der Waals surface area contributed by atoms with Crippen LogP contribution in [0.4, 0.5) is 0 Å². The van der Waals surface area contributed by atoms with Crippen molar-refractivity contribution in [3.63, 3.8) is 0 Å². The van der Waals surface area contributed by atoms with Gasteiger partial charge in [-0.3, -0.25) is 4.65 Å². The van der Waals surface area contributed by atoms with E-state index in [1.54, 1.807) is 0 Å². The van der Waals surface area contributed by atoms with Crippen molar-refractivity contribution in [1.29, 1.82) is 0 Å². The summed E-state index contributed by atoms with van der Waals surface area (Å²) in [7, 11) is -3.71. The van der Waals surface area contributed by atoms with Crippen molar-refractivity contribution in [1.82, 2.24) is 4.65 Å². The molecule has 0 aliphatic heterocycles. The van der Waals surface area contributed by atoms with Gasteiger partial charge in [0.2, 0.25) is 0 Å². The predicted octanol–water partition coefficient (Wildman–Crippen LogP) is 5.60. The second-order valence-corrected chi connectivity index (χ2v) is 13.8. The first-order chi connectivity index (χ1) is 10.1. The van der Waals surface area contributed by atoms with E-state index in [2.05, 4.69) is 39.5 Å². The van der Waals surface area contributed by atoms with Gasteiger partial charge in [0.15, 0.2) is 0 Å². The maximum Gasteiger partial charge on any atom is 0.146 e. The molecule has 0 saturated carbocycles. The molecular weight excluding hydrogens is 286 g/mol. The highest BCUT2D eigenvalue weighted by Gasteiger charge is 2.41. The van der Waals surface area contributed by atoms with Crippen molar-refractivity contribution in [2.24, 2.45) is 0 Å².